The van der Waals surface area contributed by atoms with Crippen LogP contribution in [0.4, 0.5) is 15.9 Å². The summed E-state index contributed by atoms with van der Waals surface area (Å²) in [7, 11) is 0. The molecule has 0 radical (unpaired) electrons. The molecule has 0 spiro atoms. The molecule has 20 heavy (non-hydrogen) atoms. The topological polar surface area (TPSA) is 84.3 Å². The first-order valence-corrected chi connectivity index (χ1v) is 5.85. The summed E-state index contributed by atoms with van der Waals surface area (Å²) in [5, 5.41) is 11.5. The van der Waals surface area contributed by atoms with Crippen LogP contribution in [0, 0.1) is 5.82 Å². The van der Waals surface area contributed by atoms with Crippen LogP contribution in [0.2, 0.25) is 0 Å². The molecule has 1 aromatic heterocycles. The maximum absolute atomic E-state index is 13.7. The molecule has 6 nitrogen and oxygen atoms in total. The number of nitrogens with zero attached hydrogens (tertiary/aromatic N) is 2. The van der Waals surface area contributed by atoms with Crippen LogP contribution in [-0.4, -0.2) is 27.7 Å². The van der Waals surface area contributed by atoms with Crippen molar-refractivity contribution in [1.29, 1.82) is 0 Å². The number of carboxylic acid groups (broad SMARTS) is 1. The van der Waals surface area contributed by atoms with Crippen molar-refractivity contribution in [3.05, 3.63) is 42.0 Å². The van der Waals surface area contributed by atoms with Gasteiger partial charge >= 0.3 is 5.97 Å². The molecule has 2 aromatic rings. The van der Waals surface area contributed by atoms with E-state index in [1.165, 1.54) is 24.5 Å². The molecule has 2 rings (SSSR count). The highest BCUT2D eigenvalue weighted by molar-refractivity contribution is 5.88. The van der Waals surface area contributed by atoms with Crippen molar-refractivity contribution in [3.63, 3.8) is 0 Å². The van der Waals surface area contributed by atoms with Gasteiger partial charge in [-0.1, -0.05) is 0 Å². The molecule has 2 N–H and O–H groups in total. The standard InChI is InChI=1S/C13H12FN3O3/c1-2-20-12-6-11(15-7-16-12)17-10-4-3-8(13(18)19)5-9(10)14/h3-7H,2H2,1H3,(H,18,19)(H,15,16,17). The van der Waals surface area contributed by atoms with Gasteiger partial charge in [-0.3, -0.25) is 0 Å². The van der Waals surface area contributed by atoms with E-state index in [0.29, 0.717) is 18.3 Å². The van der Waals surface area contributed by atoms with Crippen LogP contribution in [0.3, 0.4) is 0 Å². The van der Waals surface area contributed by atoms with Gasteiger partial charge in [0.1, 0.15) is 18.0 Å². The summed E-state index contributed by atoms with van der Waals surface area (Å²) < 4.78 is 18.9. The third kappa shape index (κ3) is 3.19. The minimum Gasteiger partial charge on any atom is -0.478 e. The molecule has 0 saturated heterocycles. The van der Waals surface area contributed by atoms with Crippen molar-refractivity contribution in [2.45, 2.75) is 6.92 Å². The predicted molar refractivity (Wildman–Crippen MR) is 69.8 cm³/mol. The Morgan fingerprint density at radius 3 is 2.85 bits per heavy atom. The van der Waals surface area contributed by atoms with E-state index in [1.807, 2.05) is 6.92 Å². The number of anilines is 2. The molecule has 7 heteroatoms. The van der Waals surface area contributed by atoms with E-state index >= 15 is 0 Å². The molecule has 0 aliphatic rings. The minimum absolute atomic E-state index is 0.120. The van der Waals surface area contributed by atoms with Crippen LogP contribution in [-0.2, 0) is 0 Å². The lowest BCUT2D eigenvalue weighted by atomic mass is 10.2. The van der Waals surface area contributed by atoms with Crippen LogP contribution in [0.25, 0.3) is 0 Å². The number of halogens is 1. The summed E-state index contributed by atoms with van der Waals surface area (Å²) in [6, 6.07) is 5.10. The van der Waals surface area contributed by atoms with E-state index in [2.05, 4.69) is 15.3 Å². The summed E-state index contributed by atoms with van der Waals surface area (Å²) in [4.78, 5) is 18.5. The molecule has 0 amide bonds. The SMILES string of the molecule is CCOc1cc(Nc2ccc(C(=O)O)cc2F)ncn1. The van der Waals surface area contributed by atoms with Crippen molar-refractivity contribution in [3.8, 4) is 5.88 Å². The van der Waals surface area contributed by atoms with Crippen LogP contribution >= 0.6 is 0 Å². The summed E-state index contributed by atoms with van der Waals surface area (Å²) in [5.41, 5.74) is 0.00175. The molecule has 0 fully saturated rings. The third-order valence-corrected chi connectivity index (χ3v) is 2.41. The molecule has 1 aromatic carbocycles. The van der Waals surface area contributed by atoms with E-state index < -0.39 is 11.8 Å². The maximum atomic E-state index is 13.7. The van der Waals surface area contributed by atoms with E-state index in [0.717, 1.165) is 6.07 Å². The van der Waals surface area contributed by atoms with E-state index in [9.17, 15) is 9.18 Å². The summed E-state index contributed by atoms with van der Waals surface area (Å²) in [5.74, 6) is -1.14. The molecule has 0 atom stereocenters. The lowest BCUT2D eigenvalue weighted by molar-refractivity contribution is 0.0696. The zero-order chi connectivity index (χ0) is 14.5. The normalized spacial score (nSPS) is 10.1. The Hall–Kier alpha value is -2.70. The van der Waals surface area contributed by atoms with E-state index in [1.54, 1.807) is 0 Å². The van der Waals surface area contributed by atoms with Crippen molar-refractivity contribution in [2.75, 3.05) is 11.9 Å². The maximum Gasteiger partial charge on any atom is 0.335 e. The number of rotatable bonds is 5. The molecule has 0 aliphatic carbocycles. The average Bonchev–Trinajstić information content (AvgIpc) is 2.42. The molecule has 1 heterocycles. The first-order valence-electron chi connectivity index (χ1n) is 5.85. The Labute approximate surface area is 114 Å². The molecule has 0 unspecified atom stereocenters. The smallest absolute Gasteiger partial charge is 0.335 e. The highest BCUT2D eigenvalue weighted by atomic mass is 19.1. The highest BCUT2D eigenvalue weighted by Crippen LogP contribution is 2.21. The van der Waals surface area contributed by atoms with Crippen LogP contribution in [0.15, 0.2) is 30.6 Å². The number of carbonyl (C=O) groups is 1. The fraction of sp³-hybridized carbons (Fsp3) is 0.154. The van der Waals surface area contributed by atoms with Crippen molar-refractivity contribution in [1.82, 2.24) is 9.97 Å². The van der Waals surface area contributed by atoms with Gasteiger partial charge in [-0.05, 0) is 25.1 Å². The van der Waals surface area contributed by atoms with Gasteiger partial charge in [0.2, 0.25) is 5.88 Å². The van der Waals surface area contributed by atoms with E-state index in [-0.39, 0.29) is 11.3 Å². The van der Waals surface area contributed by atoms with Gasteiger partial charge in [-0.15, -0.1) is 0 Å². The molecule has 0 aliphatic heterocycles. The zero-order valence-electron chi connectivity index (χ0n) is 10.6. The highest BCUT2D eigenvalue weighted by Gasteiger charge is 2.09. The third-order valence-electron chi connectivity index (χ3n) is 2.41. The Bertz CT molecular complexity index is 634. The Kier molecular flexibility index (Phi) is 4.09. The van der Waals surface area contributed by atoms with Crippen molar-refractivity contribution in [2.24, 2.45) is 0 Å². The summed E-state index contributed by atoms with van der Waals surface area (Å²) in [6.07, 6.45) is 1.29. The number of aromatic nitrogens is 2. The van der Waals surface area contributed by atoms with Gasteiger partial charge in [0.05, 0.1) is 17.9 Å². The largest absolute Gasteiger partial charge is 0.478 e. The fourth-order valence-electron chi connectivity index (χ4n) is 1.52. The van der Waals surface area contributed by atoms with Crippen LogP contribution in [0.1, 0.15) is 17.3 Å². The molecule has 0 bridgehead atoms. The number of hydrogen-bond donors (Lipinski definition) is 2. The van der Waals surface area contributed by atoms with Crippen molar-refractivity contribution < 1.29 is 19.0 Å². The summed E-state index contributed by atoms with van der Waals surface area (Å²) in [6.45, 7) is 2.28. The van der Waals surface area contributed by atoms with Crippen LogP contribution < -0.4 is 10.1 Å². The number of benzene rings is 1. The van der Waals surface area contributed by atoms with Crippen molar-refractivity contribution >= 4 is 17.5 Å². The average molecular weight is 277 g/mol. The second-order valence-corrected chi connectivity index (χ2v) is 3.80. The van der Waals surface area contributed by atoms with Gasteiger partial charge in [0.25, 0.3) is 0 Å². The minimum atomic E-state index is -1.18. The van der Waals surface area contributed by atoms with Gasteiger partial charge in [0.15, 0.2) is 0 Å². The quantitative estimate of drug-likeness (QED) is 0.873. The van der Waals surface area contributed by atoms with Gasteiger partial charge in [-0.25, -0.2) is 19.2 Å². The van der Waals surface area contributed by atoms with Gasteiger partial charge in [-0.2, -0.15) is 0 Å². The lowest BCUT2D eigenvalue weighted by Crippen LogP contribution is -2.02. The molecule has 0 saturated carbocycles. The number of carboxylic acids is 1. The second-order valence-electron chi connectivity index (χ2n) is 3.80. The Morgan fingerprint density at radius 1 is 1.40 bits per heavy atom. The van der Waals surface area contributed by atoms with E-state index in [4.69, 9.17) is 9.84 Å². The van der Waals surface area contributed by atoms with Gasteiger partial charge in [0, 0.05) is 6.07 Å². The number of aromatic carboxylic acids is 1. The van der Waals surface area contributed by atoms with Crippen LogP contribution in [0.5, 0.6) is 5.88 Å². The number of nitrogens with one attached hydrogen (secondary N) is 1. The molecular formula is C13H12FN3O3. The second kappa shape index (κ2) is 5.96. The molecule has 104 valence electrons. The Balaban J connectivity index is 2.21. The lowest BCUT2D eigenvalue weighted by Gasteiger charge is -2.08. The first kappa shape index (κ1) is 13.7. The Morgan fingerprint density at radius 2 is 2.20 bits per heavy atom. The first-order chi connectivity index (χ1) is 9.60. The van der Waals surface area contributed by atoms with Gasteiger partial charge < -0.3 is 15.2 Å². The monoisotopic (exact) mass is 277 g/mol. The predicted octanol–water partition coefficient (Wildman–Crippen LogP) is 2.46. The summed E-state index contributed by atoms with van der Waals surface area (Å²) >= 11 is 0. The number of ether oxygens (including phenoxy) is 1. The number of hydrogen-bond acceptors (Lipinski definition) is 5. The zero-order valence-corrected chi connectivity index (χ0v) is 10.6. The fourth-order valence-corrected chi connectivity index (χ4v) is 1.52. The molecular weight excluding hydrogens is 265 g/mol.